The quantitative estimate of drug-likeness (QED) is 0.524. The maximum absolute atomic E-state index is 12.7. The Labute approximate surface area is 155 Å². The van der Waals surface area contributed by atoms with Crippen molar-refractivity contribution in [3.05, 3.63) is 60.8 Å². The third kappa shape index (κ3) is 3.60. The molecule has 0 fully saturated rings. The van der Waals surface area contributed by atoms with Gasteiger partial charge < -0.3 is 9.73 Å². The first kappa shape index (κ1) is 17.0. The summed E-state index contributed by atoms with van der Waals surface area (Å²) in [6.45, 7) is 0.335. The van der Waals surface area contributed by atoms with Crippen LogP contribution in [-0.2, 0) is 23.6 Å². The molecule has 27 heavy (non-hydrogen) atoms. The van der Waals surface area contributed by atoms with Gasteiger partial charge in [0.15, 0.2) is 11.6 Å². The summed E-state index contributed by atoms with van der Waals surface area (Å²) in [4.78, 5) is 8.95. The molecule has 0 aliphatic heterocycles. The number of hydrogen-bond donors (Lipinski definition) is 2. The van der Waals surface area contributed by atoms with Gasteiger partial charge in [0.1, 0.15) is 10.7 Å². The maximum Gasteiger partial charge on any atom is 0.266 e. The van der Waals surface area contributed by atoms with E-state index in [0.717, 1.165) is 0 Å². The van der Waals surface area contributed by atoms with Crippen LogP contribution in [0.1, 0.15) is 5.76 Å². The average molecular weight is 384 g/mol. The summed E-state index contributed by atoms with van der Waals surface area (Å²) in [7, 11) is -2.21. The minimum atomic E-state index is -3.86. The summed E-state index contributed by atoms with van der Waals surface area (Å²) in [6, 6.07) is 10.8. The van der Waals surface area contributed by atoms with E-state index in [1.54, 1.807) is 37.6 Å². The number of benzene rings is 1. The zero-order valence-electron chi connectivity index (χ0n) is 14.3. The number of para-hydroxylation sites is 2. The van der Waals surface area contributed by atoms with Crippen LogP contribution in [0.3, 0.4) is 0 Å². The van der Waals surface area contributed by atoms with E-state index in [1.165, 1.54) is 17.1 Å². The molecule has 10 heteroatoms. The van der Waals surface area contributed by atoms with E-state index >= 15 is 0 Å². The van der Waals surface area contributed by atoms with E-state index in [1.807, 2.05) is 12.1 Å². The van der Waals surface area contributed by atoms with Crippen molar-refractivity contribution in [3.8, 4) is 0 Å². The van der Waals surface area contributed by atoms with Crippen molar-refractivity contribution >= 4 is 32.7 Å². The predicted molar refractivity (Wildman–Crippen MR) is 99.6 cm³/mol. The first-order valence-corrected chi connectivity index (χ1v) is 9.54. The van der Waals surface area contributed by atoms with E-state index in [0.29, 0.717) is 29.2 Å². The largest absolute Gasteiger partial charge is 0.467 e. The zero-order chi connectivity index (χ0) is 18.9. The van der Waals surface area contributed by atoms with E-state index < -0.39 is 10.0 Å². The molecule has 0 bridgehead atoms. The molecule has 2 N–H and O–H groups in total. The fourth-order valence-electron chi connectivity index (χ4n) is 2.50. The van der Waals surface area contributed by atoms with Crippen LogP contribution in [0.2, 0.25) is 0 Å². The van der Waals surface area contributed by atoms with Crippen molar-refractivity contribution in [3.63, 3.8) is 0 Å². The molecule has 4 rings (SSSR count). The van der Waals surface area contributed by atoms with Crippen LogP contribution >= 0.6 is 0 Å². The topological polar surface area (TPSA) is 115 Å². The van der Waals surface area contributed by atoms with Crippen LogP contribution in [0, 0.1) is 0 Å². The summed E-state index contributed by atoms with van der Waals surface area (Å²) in [5.41, 5.74) is 1.22. The number of sulfonamides is 1. The van der Waals surface area contributed by atoms with Crippen LogP contribution < -0.4 is 10.0 Å². The first-order valence-electron chi connectivity index (χ1n) is 8.06. The maximum atomic E-state index is 12.7. The van der Waals surface area contributed by atoms with E-state index in [2.05, 4.69) is 25.1 Å². The molecule has 9 nitrogen and oxygen atoms in total. The Hall–Kier alpha value is -3.40. The summed E-state index contributed by atoms with van der Waals surface area (Å²) in [5.74, 6) is 1.09. The van der Waals surface area contributed by atoms with Gasteiger partial charge in [-0.2, -0.15) is 5.10 Å². The van der Waals surface area contributed by atoms with Crippen LogP contribution in [0.5, 0.6) is 0 Å². The Morgan fingerprint density at radius 3 is 2.44 bits per heavy atom. The summed E-state index contributed by atoms with van der Waals surface area (Å²) in [5, 5.41) is 6.97. The van der Waals surface area contributed by atoms with Crippen LogP contribution in [0.15, 0.2) is 64.4 Å². The molecule has 1 aromatic carbocycles. The van der Waals surface area contributed by atoms with E-state index in [9.17, 15) is 8.42 Å². The van der Waals surface area contributed by atoms with Gasteiger partial charge in [-0.05, 0) is 24.3 Å². The van der Waals surface area contributed by atoms with Gasteiger partial charge in [0, 0.05) is 13.2 Å². The lowest BCUT2D eigenvalue weighted by Gasteiger charge is -2.12. The second-order valence-corrected chi connectivity index (χ2v) is 7.48. The van der Waals surface area contributed by atoms with Crippen molar-refractivity contribution in [2.24, 2.45) is 7.05 Å². The number of rotatable bonds is 6. The van der Waals surface area contributed by atoms with Crippen molar-refractivity contribution in [2.75, 3.05) is 10.0 Å². The van der Waals surface area contributed by atoms with E-state index in [4.69, 9.17) is 4.42 Å². The third-order valence-corrected chi connectivity index (χ3v) is 5.10. The minimum Gasteiger partial charge on any atom is -0.467 e. The number of aryl methyl sites for hydroxylation is 1. The smallest absolute Gasteiger partial charge is 0.266 e. The lowest BCUT2D eigenvalue weighted by atomic mass is 10.3. The Morgan fingerprint density at radius 2 is 1.81 bits per heavy atom. The number of furan rings is 1. The molecule has 0 saturated carbocycles. The predicted octanol–water partition coefficient (Wildman–Crippen LogP) is 2.37. The third-order valence-electron chi connectivity index (χ3n) is 3.80. The summed E-state index contributed by atoms with van der Waals surface area (Å²) < 4.78 is 34.5. The molecule has 4 aromatic rings. The van der Waals surface area contributed by atoms with Gasteiger partial charge in [0.25, 0.3) is 10.0 Å². The molecular weight excluding hydrogens is 368 g/mol. The van der Waals surface area contributed by atoms with E-state index in [-0.39, 0.29) is 10.7 Å². The SMILES string of the molecule is Cn1cc(S(=O)(=O)Nc2nc3ccccc3nc2NCc2ccco2)cn1. The molecule has 0 aliphatic rings. The number of hydrogen-bond acceptors (Lipinski definition) is 7. The zero-order valence-corrected chi connectivity index (χ0v) is 15.1. The number of anilines is 2. The molecule has 0 aliphatic carbocycles. The molecule has 0 spiro atoms. The lowest BCUT2D eigenvalue weighted by Crippen LogP contribution is -2.16. The molecule has 3 heterocycles. The Morgan fingerprint density at radius 1 is 1.07 bits per heavy atom. The highest BCUT2D eigenvalue weighted by atomic mass is 32.2. The standard InChI is InChI=1S/C17H16N6O3S/c1-23-11-13(10-19-23)27(24,25)22-17-16(18-9-12-5-4-8-26-12)20-14-6-2-3-7-15(14)21-17/h2-8,10-11H,9H2,1H3,(H,18,20)(H,21,22). The molecule has 0 atom stereocenters. The van der Waals surface area contributed by atoms with Crippen molar-refractivity contribution in [2.45, 2.75) is 11.4 Å². The Balaban J connectivity index is 1.71. The Bertz CT molecular complexity index is 1180. The molecule has 0 unspecified atom stereocenters. The highest BCUT2D eigenvalue weighted by molar-refractivity contribution is 7.92. The minimum absolute atomic E-state index is 0.0388. The molecule has 0 amide bonds. The second kappa shape index (κ2) is 6.72. The number of fused-ring (bicyclic) bond motifs is 1. The van der Waals surface area contributed by atoms with Gasteiger partial charge in [0.05, 0.1) is 30.0 Å². The van der Waals surface area contributed by atoms with Gasteiger partial charge in [0.2, 0.25) is 0 Å². The molecular formula is C17H16N6O3S. The normalized spacial score (nSPS) is 11.6. The van der Waals surface area contributed by atoms with Gasteiger partial charge >= 0.3 is 0 Å². The van der Waals surface area contributed by atoms with Crippen LogP contribution in [-0.4, -0.2) is 28.2 Å². The number of aromatic nitrogens is 4. The molecule has 3 aromatic heterocycles. The molecule has 0 radical (unpaired) electrons. The molecule has 0 saturated heterocycles. The molecule has 138 valence electrons. The fraction of sp³-hybridized carbons (Fsp3) is 0.118. The van der Waals surface area contributed by atoms with Crippen molar-refractivity contribution in [1.82, 2.24) is 19.7 Å². The van der Waals surface area contributed by atoms with Crippen molar-refractivity contribution < 1.29 is 12.8 Å². The van der Waals surface area contributed by atoms with Crippen molar-refractivity contribution in [1.29, 1.82) is 0 Å². The summed E-state index contributed by atoms with van der Waals surface area (Å²) >= 11 is 0. The monoisotopic (exact) mass is 384 g/mol. The van der Waals surface area contributed by atoms with Gasteiger partial charge in [-0.15, -0.1) is 0 Å². The Kier molecular flexibility index (Phi) is 4.24. The second-order valence-electron chi connectivity index (χ2n) is 5.80. The van der Waals surface area contributed by atoms with Crippen LogP contribution in [0.25, 0.3) is 11.0 Å². The summed E-state index contributed by atoms with van der Waals surface area (Å²) in [6.07, 6.45) is 4.24. The average Bonchev–Trinajstić information content (AvgIpc) is 3.31. The highest BCUT2D eigenvalue weighted by Gasteiger charge is 2.20. The number of nitrogens with zero attached hydrogens (tertiary/aromatic N) is 4. The first-order chi connectivity index (χ1) is 13.0. The van der Waals surface area contributed by atoms with Crippen LogP contribution in [0.4, 0.5) is 11.6 Å². The van der Waals surface area contributed by atoms with Gasteiger partial charge in [-0.3, -0.25) is 9.40 Å². The number of nitrogens with one attached hydrogen (secondary N) is 2. The fourth-order valence-corrected chi connectivity index (χ4v) is 3.49. The highest BCUT2D eigenvalue weighted by Crippen LogP contribution is 2.24. The lowest BCUT2D eigenvalue weighted by molar-refractivity contribution is 0.518. The van der Waals surface area contributed by atoms with Gasteiger partial charge in [-0.25, -0.2) is 18.4 Å². The van der Waals surface area contributed by atoms with Gasteiger partial charge in [-0.1, -0.05) is 12.1 Å².